The minimum Gasteiger partial charge on any atom is -0.344 e. The topological polar surface area (TPSA) is 59.2 Å². The van der Waals surface area contributed by atoms with E-state index >= 15 is 0 Å². The molecule has 0 fully saturated rings. The molecule has 0 radical (unpaired) electrons. The highest BCUT2D eigenvalue weighted by atomic mass is 16.2. The number of pyridine rings is 1. The lowest BCUT2D eigenvalue weighted by Gasteiger charge is -2.22. The van der Waals surface area contributed by atoms with Crippen molar-refractivity contribution in [1.29, 1.82) is 0 Å². The number of amides is 1. The van der Waals surface area contributed by atoms with Crippen LogP contribution in [-0.4, -0.2) is 35.4 Å². The molecular weight excluding hydrogens is 226 g/mol. The molecule has 1 unspecified atom stereocenters. The van der Waals surface area contributed by atoms with Crippen LogP contribution < -0.4 is 5.73 Å². The van der Waals surface area contributed by atoms with E-state index in [0.29, 0.717) is 12.5 Å². The highest BCUT2D eigenvalue weighted by molar-refractivity contribution is 5.81. The first kappa shape index (κ1) is 14.6. The molecule has 1 heterocycles. The van der Waals surface area contributed by atoms with E-state index in [9.17, 15) is 4.79 Å². The van der Waals surface area contributed by atoms with Crippen LogP contribution in [0.25, 0.3) is 0 Å². The molecule has 0 saturated carbocycles. The van der Waals surface area contributed by atoms with Gasteiger partial charge < -0.3 is 10.6 Å². The maximum atomic E-state index is 12.0. The number of carbonyl (C=O) groups is 1. The minimum atomic E-state index is -0.382. The fourth-order valence-corrected chi connectivity index (χ4v) is 1.85. The highest BCUT2D eigenvalue weighted by Gasteiger charge is 2.18. The van der Waals surface area contributed by atoms with Gasteiger partial charge in [-0.25, -0.2) is 0 Å². The molecule has 0 aliphatic heterocycles. The predicted octanol–water partition coefficient (Wildman–Crippen LogP) is 1.46. The average Bonchev–Trinajstić information content (AvgIpc) is 2.35. The van der Waals surface area contributed by atoms with Gasteiger partial charge >= 0.3 is 0 Å². The Labute approximate surface area is 109 Å². The van der Waals surface area contributed by atoms with Crippen molar-refractivity contribution < 1.29 is 4.79 Å². The van der Waals surface area contributed by atoms with Gasteiger partial charge in [-0.2, -0.15) is 0 Å². The number of hydrogen-bond acceptors (Lipinski definition) is 3. The number of nitrogens with two attached hydrogens (primary N) is 1. The first-order valence-electron chi connectivity index (χ1n) is 6.40. The second kappa shape index (κ2) is 7.11. The Morgan fingerprint density at radius 1 is 1.39 bits per heavy atom. The van der Waals surface area contributed by atoms with Crippen molar-refractivity contribution in [2.24, 2.45) is 11.7 Å². The van der Waals surface area contributed by atoms with Crippen LogP contribution in [0.4, 0.5) is 0 Å². The lowest BCUT2D eigenvalue weighted by atomic mass is 10.0. The summed E-state index contributed by atoms with van der Waals surface area (Å²) in [5.41, 5.74) is 7.07. The summed E-state index contributed by atoms with van der Waals surface area (Å²) >= 11 is 0. The summed E-state index contributed by atoms with van der Waals surface area (Å²) in [7, 11) is 1.81. The minimum absolute atomic E-state index is 0.0257. The highest BCUT2D eigenvalue weighted by Crippen LogP contribution is 2.06. The van der Waals surface area contributed by atoms with Crippen molar-refractivity contribution in [1.82, 2.24) is 9.88 Å². The molecule has 0 saturated heterocycles. The molecule has 1 aromatic rings. The molecule has 0 aromatic carbocycles. The second-order valence-electron chi connectivity index (χ2n) is 5.10. The van der Waals surface area contributed by atoms with Gasteiger partial charge in [0.05, 0.1) is 6.04 Å². The van der Waals surface area contributed by atoms with Crippen LogP contribution in [-0.2, 0) is 11.2 Å². The van der Waals surface area contributed by atoms with Gasteiger partial charge in [0.2, 0.25) is 5.91 Å². The van der Waals surface area contributed by atoms with Gasteiger partial charge in [0, 0.05) is 26.0 Å². The van der Waals surface area contributed by atoms with Crippen molar-refractivity contribution in [3.8, 4) is 0 Å². The predicted molar refractivity (Wildman–Crippen MR) is 73.0 cm³/mol. The fraction of sp³-hybridized carbons (Fsp3) is 0.571. The normalized spacial score (nSPS) is 12.5. The van der Waals surface area contributed by atoms with Crippen LogP contribution in [0.1, 0.15) is 25.8 Å². The molecule has 1 atom stereocenters. The van der Waals surface area contributed by atoms with Crippen LogP contribution in [0.2, 0.25) is 0 Å². The van der Waals surface area contributed by atoms with E-state index in [1.165, 1.54) is 5.56 Å². The van der Waals surface area contributed by atoms with E-state index in [-0.39, 0.29) is 11.9 Å². The van der Waals surface area contributed by atoms with Gasteiger partial charge in [-0.1, -0.05) is 13.8 Å². The molecule has 1 rings (SSSR count). The van der Waals surface area contributed by atoms with Crippen molar-refractivity contribution >= 4 is 5.91 Å². The van der Waals surface area contributed by atoms with Crippen molar-refractivity contribution in [3.05, 3.63) is 30.1 Å². The third-order valence-corrected chi connectivity index (χ3v) is 2.90. The molecule has 1 aromatic heterocycles. The summed E-state index contributed by atoms with van der Waals surface area (Å²) in [6.07, 6.45) is 5.10. The molecule has 4 nitrogen and oxygen atoms in total. The first-order chi connectivity index (χ1) is 8.50. The SMILES string of the molecule is CC(C)CC(N)C(=O)N(C)CCc1ccncc1. The summed E-state index contributed by atoms with van der Waals surface area (Å²) in [4.78, 5) is 17.7. The smallest absolute Gasteiger partial charge is 0.239 e. The zero-order valence-electron chi connectivity index (χ0n) is 11.5. The first-order valence-corrected chi connectivity index (χ1v) is 6.40. The number of likely N-dealkylation sites (N-methyl/N-ethyl adjacent to an activating group) is 1. The van der Waals surface area contributed by atoms with Crippen molar-refractivity contribution in [2.75, 3.05) is 13.6 Å². The van der Waals surface area contributed by atoms with E-state index in [1.54, 1.807) is 17.3 Å². The van der Waals surface area contributed by atoms with Gasteiger partial charge in [0.1, 0.15) is 0 Å². The van der Waals surface area contributed by atoms with E-state index < -0.39 is 0 Å². The molecule has 0 aliphatic carbocycles. The summed E-state index contributed by atoms with van der Waals surface area (Å²) in [5.74, 6) is 0.468. The maximum absolute atomic E-state index is 12.0. The number of aromatic nitrogens is 1. The molecule has 0 spiro atoms. The Kier molecular flexibility index (Phi) is 5.78. The van der Waals surface area contributed by atoms with E-state index in [1.807, 2.05) is 19.2 Å². The largest absolute Gasteiger partial charge is 0.344 e. The number of hydrogen-bond donors (Lipinski definition) is 1. The summed E-state index contributed by atoms with van der Waals surface area (Å²) < 4.78 is 0. The van der Waals surface area contributed by atoms with Crippen LogP contribution >= 0.6 is 0 Å². The fourth-order valence-electron chi connectivity index (χ4n) is 1.85. The summed E-state index contributed by atoms with van der Waals surface area (Å²) in [6.45, 7) is 4.84. The Bertz CT molecular complexity index is 365. The van der Waals surface area contributed by atoms with E-state index in [2.05, 4.69) is 18.8 Å². The van der Waals surface area contributed by atoms with Crippen LogP contribution in [0.5, 0.6) is 0 Å². The lowest BCUT2D eigenvalue weighted by molar-refractivity contribution is -0.131. The van der Waals surface area contributed by atoms with Gasteiger partial charge in [0.25, 0.3) is 0 Å². The molecule has 18 heavy (non-hydrogen) atoms. The van der Waals surface area contributed by atoms with Crippen molar-refractivity contribution in [3.63, 3.8) is 0 Å². The Hall–Kier alpha value is -1.42. The summed E-state index contributed by atoms with van der Waals surface area (Å²) in [5, 5.41) is 0. The van der Waals surface area contributed by atoms with Crippen LogP contribution in [0.3, 0.4) is 0 Å². The Morgan fingerprint density at radius 3 is 2.56 bits per heavy atom. The number of nitrogens with zero attached hydrogens (tertiary/aromatic N) is 2. The number of carbonyl (C=O) groups excluding carboxylic acids is 1. The Morgan fingerprint density at radius 2 is 2.00 bits per heavy atom. The van der Waals surface area contributed by atoms with Gasteiger partial charge in [-0.15, -0.1) is 0 Å². The lowest BCUT2D eigenvalue weighted by Crippen LogP contribution is -2.43. The molecule has 0 bridgehead atoms. The molecule has 100 valence electrons. The zero-order chi connectivity index (χ0) is 13.5. The maximum Gasteiger partial charge on any atom is 0.239 e. The Balaban J connectivity index is 2.40. The third-order valence-electron chi connectivity index (χ3n) is 2.90. The average molecular weight is 249 g/mol. The van der Waals surface area contributed by atoms with Crippen LogP contribution in [0, 0.1) is 5.92 Å². The molecule has 1 amide bonds. The van der Waals surface area contributed by atoms with E-state index in [4.69, 9.17) is 5.73 Å². The molecule has 0 aliphatic rings. The summed E-state index contributed by atoms with van der Waals surface area (Å²) in [6, 6.07) is 3.55. The van der Waals surface area contributed by atoms with Gasteiger partial charge in [-0.3, -0.25) is 9.78 Å². The second-order valence-corrected chi connectivity index (χ2v) is 5.10. The molecular formula is C14H23N3O. The van der Waals surface area contributed by atoms with Gasteiger partial charge in [0.15, 0.2) is 0 Å². The number of rotatable bonds is 6. The monoisotopic (exact) mass is 249 g/mol. The van der Waals surface area contributed by atoms with Crippen LogP contribution in [0.15, 0.2) is 24.5 Å². The standard InChI is InChI=1S/C14H23N3O/c1-11(2)10-13(15)14(18)17(3)9-6-12-4-7-16-8-5-12/h4-5,7-8,11,13H,6,9-10,15H2,1-3H3. The van der Waals surface area contributed by atoms with Gasteiger partial charge in [-0.05, 0) is 36.5 Å². The molecule has 4 heteroatoms. The zero-order valence-corrected chi connectivity index (χ0v) is 11.5. The molecule has 2 N–H and O–H groups in total. The van der Waals surface area contributed by atoms with E-state index in [0.717, 1.165) is 12.8 Å². The third kappa shape index (κ3) is 4.84. The van der Waals surface area contributed by atoms with Crippen molar-refractivity contribution in [2.45, 2.75) is 32.7 Å². The quantitative estimate of drug-likeness (QED) is 0.830.